The lowest BCUT2D eigenvalue weighted by molar-refractivity contribution is -0.135. The van der Waals surface area contributed by atoms with E-state index < -0.39 is 22.9 Å². The van der Waals surface area contributed by atoms with Crippen molar-refractivity contribution in [3.63, 3.8) is 0 Å². The van der Waals surface area contributed by atoms with Crippen molar-refractivity contribution in [2.45, 2.75) is 6.92 Å². The number of rotatable bonds is 4. The van der Waals surface area contributed by atoms with E-state index in [9.17, 15) is 19.2 Å². The maximum absolute atomic E-state index is 13.2. The highest BCUT2D eigenvalue weighted by molar-refractivity contribution is 5.98. The molecule has 8 heteroatoms. The molecule has 3 rings (SSSR count). The summed E-state index contributed by atoms with van der Waals surface area (Å²) < 4.78 is 24.7. The average molecular weight is 379 g/mol. The van der Waals surface area contributed by atoms with Crippen molar-refractivity contribution >= 4 is 17.7 Å². The molecule has 0 aliphatic heterocycles. The first-order valence-corrected chi connectivity index (χ1v) is 8.10. The van der Waals surface area contributed by atoms with Crippen LogP contribution in [0.3, 0.4) is 0 Å². The molecule has 0 amide bonds. The van der Waals surface area contributed by atoms with E-state index in [1.807, 2.05) is 0 Å². The number of nitriles is 1. The molecule has 0 saturated carbocycles. The molecule has 0 unspecified atom stereocenters. The molecule has 2 aromatic heterocycles. The second kappa shape index (κ2) is 7.72. The molecule has 0 N–H and O–H groups in total. The standard InChI is InChI=1S/C20H14FN3O4/c1-12-4-3-9-24-17(12)23-18(28-15-7-5-14(21)6-8-15)16(19(24)25)10-13(11-22)20(26)27-2/h3-10H,1-2H3/b13-10+. The minimum atomic E-state index is -0.899. The molecular formula is C20H14FN3O4. The van der Waals surface area contributed by atoms with E-state index in [4.69, 9.17) is 4.74 Å². The molecule has 0 spiro atoms. The Morgan fingerprint density at radius 1 is 1.29 bits per heavy atom. The van der Waals surface area contributed by atoms with Crippen LogP contribution in [0.5, 0.6) is 11.6 Å². The van der Waals surface area contributed by atoms with Crippen LogP contribution in [0, 0.1) is 24.1 Å². The molecule has 28 heavy (non-hydrogen) atoms. The van der Waals surface area contributed by atoms with Gasteiger partial charge in [0.2, 0.25) is 5.88 Å². The van der Waals surface area contributed by atoms with Crippen LogP contribution in [-0.4, -0.2) is 22.5 Å². The molecule has 2 heterocycles. The number of carbonyl (C=O) groups is 1. The number of methoxy groups -OCH3 is 1. The van der Waals surface area contributed by atoms with Crippen molar-refractivity contribution in [2.24, 2.45) is 0 Å². The van der Waals surface area contributed by atoms with E-state index >= 15 is 0 Å². The highest BCUT2D eigenvalue weighted by Crippen LogP contribution is 2.25. The summed E-state index contributed by atoms with van der Waals surface area (Å²) in [5.41, 5.74) is 0.0145. The van der Waals surface area contributed by atoms with Gasteiger partial charge in [0.15, 0.2) is 0 Å². The van der Waals surface area contributed by atoms with Crippen LogP contribution in [-0.2, 0) is 9.53 Å². The Morgan fingerprint density at radius 3 is 2.64 bits per heavy atom. The number of esters is 1. The number of benzene rings is 1. The molecule has 0 saturated heterocycles. The lowest BCUT2D eigenvalue weighted by atomic mass is 10.2. The molecule has 0 aliphatic carbocycles. The fourth-order valence-electron chi connectivity index (χ4n) is 2.50. The molecule has 0 fully saturated rings. The summed E-state index contributed by atoms with van der Waals surface area (Å²) in [4.78, 5) is 29.1. The van der Waals surface area contributed by atoms with Crippen molar-refractivity contribution in [3.05, 3.63) is 75.5 Å². The van der Waals surface area contributed by atoms with Crippen molar-refractivity contribution in [3.8, 4) is 17.7 Å². The predicted octanol–water partition coefficient (Wildman–Crippen LogP) is 3.01. The highest BCUT2D eigenvalue weighted by Gasteiger charge is 2.18. The van der Waals surface area contributed by atoms with Gasteiger partial charge in [0, 0.05) is 6.20 Å². The number of fused-ring (bicyclic) bond motifs is 1. The molecule has 0 bridgehead atoms. The number of hydrogen-bond donors (Lipinski definition) is 0. The lowest BCUT2D eigenvalue weighted by Gasteiger charge is -2.11. The maximum atomic E-state index is 13.2. The Morgan fingerprint density at radius 2 is 2.00 bits per heavy atom. The summed E-state index contributed by atoms with van der Waals surface area (Å²) in [6, 6.07) is 10.3. The minimum Gasteiger partial charge on any atom is -0.465 e. The molecule has 0 atom stereocenters. The van der Waals surface area contributed by atoms with E-state index in [1.165, 1.54) is 34.9 Å². The van der Waals surface area contributed by atoms with Gasteiger partial charge >= 0.3 is 5.97 Å². The zero-order chi connectivity index (χ0) is 20.3. The van der Waals surface area contributed by atoms with Gasteiger partial charge < -0.3 is 9.47 Å². The number of aromatic nitrogens is 2. The molecule has 7 nitrogen and oxygen atoms in total. The Bertz CT molecular complexity index is 1190. The number of hydrogen-bond acceptors (Lipinski definition) is 6. The molecule has 3 aromatic rings. The minimum absolute atomic E-state index is 0.116. The lowest BCUT2D eigenvalue weighted by Crippen LogP contribution is -2.20. The summed E-state index contributed by atoms with van der Waals surface area (Å²) in [7, 11) is 1.12. The quantitative estimate of drug-likeness (QED) is 0.393. The Balaban J connectivity index is 2.27. The summed E-state index contributed by atoms with van der Waals surface area (Å²) in [5, 5.41) is 9.22. The zero-order valence-electron chi connectivity index (χ0n) is 15.0. The number of carbonyl (C=O) groups excluding carboxylic acids is 1. The van der Waals surface area contributed by atoms with Gasteiger partial charge in [0.05, 0.1) is 7.11 Å². The van der Waals surface area contributed by atoms with E-state index in [0.717, 1.165) is 13.2 Å². The van der Waals surface area contributed by atoms with E-state index in [-0.39, 0.29) is 17.2 Å². The van der Waals surface area contributed by atoms with Gasteiger partial charge in [0.25, 0.3) is 5.56 Å². The fraction of sp³-hybridized carbons (Fsp3) is 0.100. The van der Waals surface area contributed by atoms with Crippen LogP contribution < -0.4 is 10.3 Å². The largest absolute Gasteiger partial charge is 0.465 e. The summed E-state index contributed by atoms with van der Waals surface area (Å²) >= 11 is 0. The van der Waals surface area contributed by atoms with Crippen molar-refractivity contribution in [1.29, 1.82) is 5.26 Å². The molecule has 0 aliphatic rings. The fourth-order valence-corrected chi connectivity index (χ4v) is 2.50. The van der Waals surface area contributed by atoms with Crippen LogP contribution in [0.4, 0.5) is 4.39 Å². The third-order valence-electron chi connectivity index (χ3n) is 3.89. The first-order valence-electron chi connectivity index (χ1n) is 8.10. The number of nitrogens with zero attached hydrogens (tertiary/aromatic N) is 3. The van der Waals surface area contributed by atoms with Crippen LogP contribution in [0.1, 0.15) is 11.1 Å². The Hall–Kier alpha value is -3.99. The third-order valence-corrected chi connectivity index (χ3v) is 3.89. The SMILES string of the molecule is COC(=O)/C(C#N)=C/c1c(Oc2ccc(F)cc2)nc2c(C)cccn2c1=O. The number of aryl methyl sites for hydroxylation is 1. The first-order chi connectivity index (χ1) is 13.4. The van der Waals surface area contributed by atoms with Gasteiger partial charge in [-0.15, -0.1) is 0 Å². The van der Waals surface area contributed by atoms with Crippen molar-refractivity contribution in [1.82, 2.24) is 9.38 Å². The third kappa shape index (κ3) is 3.59. The van der Waals surface area contributed by atoms with Gasteiger partial charge in [-0.05, 0) is 48.9 Å². The van der Waals surface area contributed by atoms with Crippen LogP contribution in [0.25, 0.3) is 11.7 Å². The zero-order valence-corrected chi connectivity index (χ0v) is 15.0. The summed E-state index contributed by atoms with van der Waals surface area (Å²) in [6.07, 6.45) is 2.58. The van der Waals surface area contributed by atoms with Crippen molar-refractivity contribution < 1.29 is 18.7 Å². The van der Waals surface area contributed by atoms with Crippen LogP contribution >= 0.6 is 0 Å². The van der Waals surface area contributed by atoms with Gasteiger partial charge in [-0.25, -0.2) is 9.18 Å². The normalized spacial score (nSPS) is 11.1. The maximum Gasteiger partial charge on any atom is 0.348 e. The number of pyridine rings is 1. The Kier molecular flexibility index (Phi) is 5.18. The predicted molar refractivity (Wildman–Crippen MR) is 98.3 cm³/mol. The van der Waals surface area contributed by atoms with Gasteiger partial charge in [-0.2, -0.15) is 10.2 Å². The van der Waals surface area contributed by atoms with E-state index in [2.05, 4.69) is 9.72 Å². The first kappa shape index (κ1) is 18.8. The number of halogens is 1. The molecule has 140 valence electrons. The second-order valence-corrected chi connectivity index (χ2v) is 5.74. The second-order valence-electron chi connectivity index (χ2n) is 5.74. The smallest absolute Gasteiger partial charge is 0.348 e. The summed E-state index contributed by atoms with van der Waals surface area (Å²) in [6.45, 7) is 1.77. The van der Waals surface area contributed by atoms with E-state index in [0.29, 0.717) is 11.2 Å². The molecule has 1 aromatic carbocycles. The Labute approximate surface area is 158 Å². The van der Waals surface area contributed by atoms with Gasteiger partial charge in [-0.3, -0.25) is 9.20 Å². The van der Waals surface area contributed by atoms with Gasteiger partial charge in [0.1, 0.15) is 34.4 Å². The van der Waals surface area contributed by atoms with Crippen LogP contribution in [0.15, 0.2) is 53.0 Å². The highest BCUT2D eigenvalue weighted by atomic mass is 19.1. The monoisotopic (exact) mass is 379 g/mol. The summed E-state index contributed by atoms with van der Waals surface area (Å²) in [5.74, 6) is -1.24. The van der Waals surface area contributed by atoms with Gasteiger partial charge in [-0.1, -0.05) is 6.07 Å². The average Bonchev–Trinajstić information content (AvgIpc) is 2.70. The van der Waals surface area contributed by atoms with Crippen LogP contribution in [0.2, 0.25) is 0 Å². The molecular weight excluding hydrogens is 365 g/mol. The van der Waals surface area contributed by atoms with E-state index in [1.54, 1.807) is 25.1 Å². The topological polar surface area (TPSA) is 93.7 Å². The van der Waals surface area contributed by atoms with Crippen molar-refractivity contribution in [2.75, 3.05) is 7.11 Å². The number of ether oxygens (including phenoxy) is 2. The molecule has 0 radical (unpaired) electrons.